The van der Waals surface area contributed by atoms with Crippen LogP contribution in [0.25, 0.3) is 11.3 Å². The van der Waals surface area contributed by atoms with Crippen molar-refractivity contribution in [2.24, 2.45) is 0 Å². The molecule has 0 aliphatic carbocycles. The number of benzene rings is 2. The van der Waals surface area contributed by atoms with Crippen LogP contribution < -0.4 is 10.6 Å². The standard InChI is InChI=1S/C19H18ClN3O3/c20-15-3-1-14(2-4-15)19-10-9-18(26-19)13-21-11-12-22-16-5-7-17(8-6-16)23(24)25/h1-10,21-22H,11-13H2/p+1. The summed E-state index contributed by atoms with van der Waals surface area (Å²) < 4.78 is 5.85. The first kappa shape index (κ1) is 18.0. The summed E-state index contributed by atoms with van der Waals surface area (Å²) in [5.41, 5.74) is 1.96. The van der Waals surface area contributed by atoms with Crippen LogP contribution in [-0.2, 0) is 6.54 Å². The van der Waals surface area contributed by atoms with Crippen molar-refractivity contribution < 1.29 is 14.7 Å². The molecule has 0 radical (unpaired) electrons. The Morgan fingerprint density at radius 2 is 1.77 bits per heavy atom. The van der Waals surface area contributed by atoms with E-state index in [1.54, 1.807) is 12.1 Å². The minimum atomic E-state index is -0.404. The molecule has 0 saturated carbocycles. The van der Waals surface area contributed by atoms with E-state index >= 15 is 0 Å². The molecule has 26 heavy (non-hydrogen) atoms. The van der Waals surface area contributed by atoms with Gasteiger partial charge in [0.25, 0.3) is 5.69 Å². The number of rotatable bonds is 8. The molecule has 0 spiro atoms. The highest BCUT2D eigenvalue weighted by Crippen LogP contribution is 2.23. The van der Waals surface area contributed by atoms with Gasteiger partial charge in [0.1, 0.15) is 12.3 Å². The van der Waals surface area contributed by atoms with Crippen LogP contribution in [0, 0.1) is 10.1 Å². The molecule has 0 bridgehead atoms. The number of hydrogen-bond donors (Lipinski definition) is 2. The number of nitrogens with one attached hydrogen (secondary N) is 1. The average molecular weight is 373 g/mol. The number of nitro benzene ring substituents is 1. The van der Waals surface area contributed by atoms with Crippen molar-refractivity contribution in [3.8, 4) is 11.3 Å². The summed E-state index contributed by atoms with van der Waals surface area (Å²) in [5, 5.41) is 16.7. The lowest BCUT2D eigenvalue weighted by Crippen LogP contribution is -2.83. The highest BCUT2D eigenvalue weighted by Gasteiger charge is 2.06. The van der Waals surface area contributed by atoms with E-state index in [1.165, 1.54) is 12.1 Å². The Kier molecular flexibility index (Phi) is 5.88. The van der Waals surface area contributed by atoms with Gasteiger partial charge in [-0.1, -0.05) is 11.6 Å². The van der Waals surface area contributed by atoms with Gasteiger partial charge in [0.2, 0.25) is 0 Å². The molecule has 0 aliphatic heterocycles. The van der Waals surface area contributed by atoms with Gasteiger partial charge in [-0.05, 0) is 48.5 Å². The predicted molar refractivity (Wildman–Crippen MR) is 101 cm³/mol. The number of anilines is 1. The van der Waals surface area contributed by atoms with E-state index in [1.807, 2.05) is 36.4 Å². The van der Waals surface area contributed by atoms with Crippen molar-refractivity contribution in [2.75, 3.05) is 18.4 Å². The van der Waals surface area contributed by atoms with Crippen LogP contribution in [0.4, 0.5) is 11.4 Å². The lowest BCUT2D eigenvalue weighted by molar-refractivity contribution is -0.669. The molecule has 0 aliphatic rings. The molecule has 6 nitrogen and oxygen atoms in total. The molecular formula is C19H19ClN3O3+. The number of nitro groups is 1. The Morgan fingerprint density at radius 1 is 1.04 bits per heavy atom. The SMILES string of the molecule is O=[N+]([O-])c1ccc(NCC[NH2+]Cc2ccc(-c3ccc(Cl)cc3)o2)cc1. The highest BCUT2D eigenvalue weighted by molar-refractivity contribution is 6.30. The summed E-state index contributed by atoms with van der Waals surface area (Å²) in [6.07, 6.45) is 0. The fourth-order valence-corrected chi connectivity index (χ4v) is 2.65. The van der Waals surface area contributed by atoms with Gasteiger partial charge in [0.15, 0.2) is 5.76 Å². The smallest absolute Gasteiger partial charge is 0.269 e. The summed E-state index contributed by atoms with van der Waals surface area (Å²) in [6, 6.07) is 17.9. The third-order valence-electron chi connectivity index (χ3n) is 3.89. The lowest BCUT2D eigenvalue weighted by Gasteiger charge is -2.05. The summed E-state index contributed by atoms with van der Waals surface area (Å²) >= 11 is 5.90. The van der Waals surface area contributed by atoms with Gasteiger partial charge in [0, 0.05) is 28.4 Å². The largest absolute Gasteiger partial charge is 0.455 e. The molecule has 0 atom stereocenters. The molecule has 1 aromatic heterocycles. The van der Waals surface area contributed by atoms with E-state index in [4.69, 9.17) is 16.0 Å². The number of furan rings is 1. The molecule has 0 saturated heterocycles. The van der Waals surface area contributed by atoms with E-state index in [0.717, 1.165) is 42.4 Å². The molecule has 3 N–H and O–H groups in total. The molecule has 0 fully saturated rings. The van der Waals surface area contributed by atoms with Crippen molar-refractivity contribution in [1.82, 2.24) is 0 Å². The van der Waals surface area contributed by atoms with E-state index in [-0.39, 0.29) is 5.69 Å². The highest BCUT2D eigenvalue weighted by atomic mass is 35.5. The zero-order valence-corrected chi connectivity index (χ0v) is 14.8. The van der Waals surface area contributed by atoms with Crippen molar-refractivity contribution in [1.29, 1.82) is 0 Å². The van der Waals surface area contributed by atoms with Crippen LogP contribution in [0.2, 0.25) is 5.02 Å². The Labute approximate surface area is 155 Å². The molecule has 3 aromatic rings. The molecule has 3 rings (SSSR count). The van der Waals surface area contributed by atoms with Crippen molar-refractivity contribution >= 4 is 23.0 Å². The number of quaternary nitrogens is 1. The maximum Gasteiger partial charge on any atom is 0.269 e. The topological polar surface area (TPSA) is 84.9 Å². The number of nitrogens with zero attached hydrogens (tertiary/aromatic N) is 1. The minimum absolute atomic E-state index is 0.0939. The number of hydrogen-bond acceptors (Lipinski definition) is 4. The maximum absolute atomic E-state index is 10.6. The molecular weight excluding hydrogens is 354 g/mol. The minimum Gasteiger partial charge on any atom is -0.455 e. The van der Waals surface area contributed by atoms with Gasteiger partial charge in [0.05, 0.1) is 18.0 Å². The summed E-state index contributed by atoms with van der Waals surface area (Å²) in [4.78, 5) is 10.2. The second-order valence-corrected chi connectivity index (χ2v) is 6.22. The average Bonchev–Trinajstić information content (AvgIpc) is 3.11. The van der Waals surface area contributed by atoms with E-state index in [2.05, 4.69) is 10.6 Å². The van der Waals surface area contributed by atoms with Gasteiger partial charge in [-0.15, -0.1) is 0 Å². The Morgan fingerprint density at radius 3 is 2.46 bits per heavy atom. The molecule has 0 amide bonds. The van der Waals surface area contributed by atoms with E-state index in [0.29, 0.717) is 5.02 Å². The van der Waals surface area contributed by atoms with Crippen LogP contribution in [0.1, 0.15) is 5.76 Å². The first-order chi connectivity index (χ1) is 12.6. The van der Waals surface area contributed by atoms with E-state index < -0.39 is 4.92 Å². The molecule has 2 aromatic carbocycles. The molecule has 0 unspecified atom stereocenters. The summed E-state index contributed by atoms with van der Waals surface area (Å²) in [6.45, 7) is 2.35. The fourth-order valence-electron chi connectivity index (χ4n) is 2.52. The van der Waals surface area contributed by atoms with Crippen LogP contribution in [0.3, 0.4) is 0 Å². The van der Waals surface area contributed by atoms with Gasteiger partial charge < -0.3 is 15.1 Å². The van der Waals surface area contributed by atoms with Crippen LogP contribution >= 0.6 is 11.6 Å². The van der Waals surface area contributed by atoms with Gasteiger partial charge in [-0.2, -0.15) is 0 Å². The van der Waals surface area contributed by atoms with Crippen LogP contribution in [-0.4, -0.2) is 18.0 Å². The Balaban J connectivity index is 1.41. The first-order valence-electron chi connectivity index (χ1n) is 8.26. The zero-order chi connectivity index (χ0) is 18.4. The van der Waals surface area contributed by atoms with Gasteiger partial charge in [-0.3, -0.25) is 10.1 Å². The number of nitrogens with two attached hydrogens (primary N) is 1. The third kappa shape index (κ3) is 4.84. The third-order valence-corrected chi connectivity index (χ3v) is 4.14. The van der Waals surface area contributed by atoms with E-state index in [9.17, 15) is 10.1 Å². The monoisotopic (exact) mass is 372 g/mol. The number of halogens is 1. The zero-order valence-electron chi connectivity index (χ0n) is 14.0. The quantitative estimate of drug-likeness (QED) is 0.359. The van der Waals surface area contributed by atoms with Gasteiger partial charge in [-0.25, -0.2) is 0 Å². The molecule has 1 heterocycles. The molecule has 134 valence electrons. The number of non-ortho nitro benzene ring substituents is 1. The van der Waals surface area contributed by atoms with Crippen molar-refractivity contribution in [3.05, 3.63) is 81.6 Å². The van der Waals surface area contributed by atoms with Crippen molar-refractivity contribution in [2.45, 2.75) is 6.54 Å². The lowest BCUT2D eigenvalue weighted by atomic mass is 10.2. The maximum atomic E-state index is 10.6. The summed E-state index contributed by atoms with van der Waals surface area (Å²) in [5.74, 6) is 1.74. The van der Waals surface area contributed by atoms with Gasteiger partial charge >= 0.3 is 0 Å². The van der Waals surface area contributed by atoms with Crippen molar-refractivity contribution in [3.63, 3.8) is 0 Å². The second-order valence-electron chi connectivity index (χ2n) is 5.79. The Hall–Kier alpha value is -2.83. The first-order valence-corrected chi connectivity index (χ1v) is 8.64. The normalized spacial score (nSPS) is 10.7. The second kappa shape index (κ2) is 8.51. The predicted octanol–water partition coefficient (Wildman–Crippen LogP) is 3.68. The van der Waals surface area contributed by atoms with Crippen LogP contribution in [0.5, 0.6) is 0 Å². The summed E-state index contributed by atoms with van der Waals surface area (Å²) in [7, 11) is 0. The fraction of sp³-hybridized carbons (Fsp3) is 0.158. The Bertz CT molecular complexity index is 860. The van der Waals surface area contributed by atoms with Crippen LogP contribution in [0.15, 0.2) is 65.1 Å². The molecule has 7 heteroatoms.